The van der Waals surface area contributed by atoms with Crippen LogP contribution in [-0.4, -0.2) is 17.8 Å². The fourth-order valence-corrected chi connectivity index (χ4v) is 0.849. The molecule has 0 bridgehead atoms. The van der Waals surface area contributed by atoms with E-state index in [1.54, 1.807) is 13.8 Å². The third kappa shape index (κ3) is 11.9. The van der Waals surface area contributed by atoms with E-state index in [4.69, 9.17) is 5.11 Å². The van der Waals surface area contributed by atoms with E-state index in [1.807, 2.05) is 6.07 Å². The van der Waals surface area contributed by atoms with Crippen molar-refractivity contribution < 1.29 is 34.8 Å². The first-order chi connectivity index (χ1) is 6.16. The fraction of sp³-hybridized carbons (Fsp3) is 0.455. The Morgan fingerprint density at radius 1 is 1.21 bits per heavy atom. The molecule has 1 rings (SSSR count). The van der Waals surface area contributed by atoms with Crippen molar-refractivity contribution in [1.29, 1.82) is 0 Å². The molecule has 3 heteroatoms. The molecule has 14 heavy (non-hydrogen) atoms. The maximum atomic E-state index is 8.06. The zero-order chi connectivity index (χ0) is 10.1. The highest BCUT2D eigenvalue weighted by atomic mass is 127. The summed E-state index contributed by atoms with van der Waals surface area (Å²) in [6, 6.07) is 10.4. The molecule has 0 heterocycles. The van der Waals surface area contributed by atoms with Crippen LogP contribution in [0.5, 0.6) is 0 Å². The van der Waals surface area contributed by atoms with Crippen molar-refractivity contribution in [1.82, 2.24) is 0 Å². The van der Waals surface area contributed by atoms with Gasteiger partial charge in [-0.25, -0.2) is 0 Å². The van der Waals surface area contributed by atoms with Gasteiger partial charge in [0.2, 0.25) is 0 Å². The number of aliphatic hydroxyl groups is 1. The quantitative estimate of drug-likeness (QED) is 0.602. The van der Waals surface area contributed by atoms with Crippen molar-refractivity contribution in [2.24, 2.45) is 0 Å². The number of quaternary nitrogens is 1. The molecule has 0 radical (unpaired) electrons. The van der Waals surface area contributed by atoms with Gasteiger partial charge in [-0.1, -0.05) is 30.3 Å². The lowest BCUT2D eigenvalue weighted by atomic mass is 10.2. The van der Waals surface area contributed by atoms with Gasteiger partial charge in [0.25, 0.3) is 0 Å². The summed E-state index contributed by atoms with van der Waals surface area (Å²) in [6.07, 6.45) is 0.931. The highest BCUT2D eigenvalue weighted by Crippen LogP contribution is 1.96. The van der Waals surface area contributed by atoms with Crippen molar-refractivity contribution in [3.8, 4) is 0 Å². The van der Waals surface area contributed by atoms with E-state index in [9.17, 15) is 0 Å². The van der Waals surface area contributed by atoms with Crippen LogP contribution in [0, 0.1) is 0 Å². The number of benzene rings is 1. The third-order valence-corrected chi connectivity index (χ3v) is 1.31. The second kappa shape index (κ2) is 10.9. The van der Waals surface area contributed by atoms with Gasteiger partial charge < -0.3 is 34.8 Å². The molecule has 0 fully saturated rings. The summed E-state index contributed by atoms with van der Waals surface area (Å²) >= 11 is 0. The van der Waals surface area contributed by atoms with E-state index in [1.165, 1.54) is 5.56 Å². The summed E-state index contributed by atoms with van der Waals surface area (Å²) < 4.78 is 0. The SMILES string of the molecule is CC(C)O.[I-].[NH3+]CCc1ccccc1. The zero-order valence-corrected chi connectivity index (χ0v) is 11.1. The molecule has 0 aromatic heterocycles. The van der Waals surface area contributed by atoms with Crippen molar-refractivity contribution in [2.75, 3.05) is 6.54 Å². The van der Waals surface area contributed by atoms with Crippen LogP contribution in [0.15, 0.2) is 30.3 Å². The molecule has 1 aromatic carbocycles. The maximum Gasteiger partial charge on any atom is 0.0780 e. The van der Waals surface area contributed by atoms with Gasteiger partial charge in [0.1, 0.15) is 0 Å². The first-order valence-electron chi connectivity index (χ1n) is 4.68. The number of halogens is 1. The average Bonchev–Trinajstić information content (AvgIpc) is 2.06. The normalized spacial score (nSPS) is 8.64. The fourth-order valence-electron chi connectivity index (χ4n) is 0.849. The molecule has 4 N–H and O–H groups in total. The first-order valence-corrected chi connectivity index (χ1v) is 4.68. The Kier molecular flexibility index (Phi) is 12.8. The predicted molar refractivity (Wildman–Crippen MR) is 55.3 cm³/mol. The Morgan fingerprint density at radius 2 is 1.64 bits per heavy atom. The second-order valence-corrected chi connectivity index (χ2v) is 3.18. The number of rotatable bonds is 2. The van der Waals surface area contributed by atoms with Crippen LogP contribution < -0.4 is 29.7 Å². The van der Waals surface area contributed by atoms with Crippen LogP contribution >= 0.6 is 0 Å². The van der Waals surface area contributed by atoms with E-state index in [0.717, 1.165) is 13.0 Å². The summed E-state index contributed by atoms with van der Waals surface area (Å²) in [6.45, 7) is 4.43. The monoisotopic (exact) mass is 309 g/mol. The Balaban J connectivity index is 0. The molecule has 0 amide bonds. The van der Waals surface area contributed by atoms with E-state index < -0.39 is 0 Å². The molecular weight excluding hydrogens is 289 g/mol. The molecule has 0 atom stereocenters. The molecular formula is C11H20INO. The molecule has 0 aliphatic heterocycles. The van der Waals surface area contributed by atoms with Gasteiger partial charge in [-0.15, -0.1) is 0 Å². The van der Waals surface area contributed by atoms with Gasteiger partial charge in [-0.3, -0.25) is 0 Å². The summed E-state index contributed by atoms with van der Waals surface area (Å²) in [5.41, 5.74) is 5.16. The molecule has 0 saturated carbocycles. The summed E-state index contributed by atoms with van der Waals surface area (Å²) in [7, 11) is 0. The summed E-state index contributed by atoms with van der Waals surface area (Å²) in [4.78, 5) is 0. The highest BCUT2D eigenvalue weighted by Gasteiger charge is 1.86. The van der Waals surface area contributed by atoms with Crippen molar-refractivity contribution in [2.45, 2.75) is 26.4 Å². The number of hydrogen-bond acceptors (Lipinski definition) is 1. The van der Waals surface area contributed by atoms with Gasteiger partial charge >= 0.3 is 0 Å². The minimum absolute atomic E-state index is 0. The van der Waals surface area contributed by atoms with Crippen LogP contribution in [0.4, 0.5) is 0 Å². The average molecular weight is 309 g/mol. The lowest BCUT2D eigenvalue weighted by Crippen LogP contribution is -3.00. The smallest absolute Gasteiger partial charge is 0.0780 e. The van der Waals surface area contributed by atoms with Crippen LogP contribution in [0.2, 0.25) is 0 Å². The van der Waals surface area contributed by atoms with Gasteiger partial charge in [-0.2, -0.15) is 0 Å². The van der Waals surface area contributed by atoms with Crippen molar-refractivity contribution >= 4 is 0 Å². The second-order valence-electron chi connectivity index (χ2n) is 3.18. The van der Waals surface area contributed by atoms with Gasteiger partial charge in [0.05, 0.1) is 6.54 Å². The Morgan fingerprint density at radius 3 is 2.00 bits per heavy atom. The van der Waals surface area contributed by atoms with E-state index >= 15 is 0 Å². The van der Waals surface area contributed by atoms with Crippen LogP contribution in [0.25, 0.3) is 0 Å². The minimum Gasteiger partial charge on any atom is -1.00 e. The minimum atomic E-state index is -0.167. The molecule has 0 aliphatic rings. The molecule has 0 unspecified atom stereocenters. The molecule has 82 valence electrons. The van der Waals surface area contributed by atoms with Gasteiger partial charge in [0, 0.05) is 12.5 Å². The van der Waals surface area contributed by atoms with E-state index in [2.05, 4.69) is 30.0 Å². The zero-order valence-electron chi connectivity index (χ0n) is 8.91. The molecule has 1 aromatic rings. The van der Waals surface area contributed by atoms with Crippen LogP contribution in [0.3, 0.4) is 0 Å². The molecule has 0 spiro atoms. The lowest BCUT2D eigenvalue weighted by molar-refractivity contribution is -0.366. The predicted octanol–water partition coefficient (Wildman–Crippen LogP) is -2.14. The third-order valence-electron chi connectivity index (χ3n) is 1.31. The molecule has 0 saturated heterocycles. The van der Waals surface area contributed by atoms with E-state index in [0.29, 0.717) is 0 Å². The Bertz CT molecular complexity index is 199. The van der Waals surface area contributed by atoms with Crippen molar-refractivity contribution in [3.05, 3.63) is 35.9 Å². The van der Waals surface area contributed by atoms with Gasteiger partial charge in [-0.05, 0) is 19.4 Å². The van der Waals surface area contributed by atoms with Gasteiger partial charge in [0.15, 0.2) is 0 Å². The largest absolute Gasteiger partial charge is 1.00 e. The van der Waals surface area contributed by atoms with E-state index in [-0.39, 0.29) is 30.1 Å². The molecule has 2 nitrogen and oxygen atoms in total. The summed E-state index contributed by atoms with van der Waals surface area (Å²) in [5, 5.41) is 8.06. The lowest BCUT2D eigenvalue weighted by Gasteiger charge is -1.92. The first kappa shape index (κ1) is 16.3. The van der Waals surface area contributed by atoms with Crippen LogP contribution in [0.1, 0.15) is 19.4 Å². The topological polar surface area (TPSA) is 47.9 Å². The number of aliphatic hydroxyl groups excluding tert-OH is 1. The highest BCUT2D eigenvalue weighted by molar-refractivity contribution is 5.14. The number of hydrogen-bond donors (Lipinski definition) is 2. The van der Waals surface area contributed by atoms with Crippen molar-refractivity contribution in [3.63, 3.8) is 0 Å². The Labute approximate surface area is 104 Å². The Hall–Kier alpha value is -0.130. The molecule has 0 aliphatic carbocycles. The standard InChI is InChI=1S/C8H11N.C3H8O.HI/c9-7-6-8-4-2-1-3-5-8;1-3(2)4;/h1-5H,6-7,9H2;3-4H,1-2H3;1H. The van der Waals surface area contributed by atoms with Crippen LogP contribution in [-0.2, 0) is 6.42 Å². The maximum absolute atomic E-state index is 8.06. The summed E-state index contributed by atoms with van der Waals surface area (Å²) in [5.74, 6) is 0.